The molecule has 0 bridgehead atoms. The molecule has 0 saturated heterocycles. The topological polar surface area (TPSA) is 82.0 Å². The van der Waals surface area contributed by atoms with Gasteiger partial charge in [0.2, 0.25) is 17.6 Å². The Morgan fingerprint density at radius 1 is 1.21 bits per heavy atom. The highest BCUT2D eigenvalue weighted by molar-refractivity contribution is 9.10. The number of amides is 1. The molecule has 2 aromatic carbocycles. The predicted octanol–water partition coefficient (Wildman–Crippen LogP) is 3.78. The number of rotatable bonds is 6. The molecular weight excluding hydrogens is 370 g/mol. The Hall–Kier alpha value is -2.47. The molecule has 1 radical (unpaired) electrons. The summed E-state index contributed by atoms with van der Waals surface area (Å²) >= 11 is 3.42. The van der Waals surface area contributed by atoms with Crippen molar-refractivity contribution in [1.29, 1.82) is 0 Å². The van der Waals surface area contributed by atoms with Crippen LogP contribution in [0.15, 0.2) is 57.5 Å². The lowest BCUT2D eigenvalue weighted by molar-refractivity contribution is 0.0999. The maximum Gasteiger partial charge on any atom is 0.248 e. The second-order valence-corrected chi connectivity index (χ2v) is 6.15. The number of halogens is 1. The van der Waals surface area contributed by atoms with Gasteiger partial charge in [-0.1, -0.05) is 51.4 Å². The van der Waals surface area contributed by atoms with Crippen LogP contribution in [0.25, 0.3) is 11.4 Å². The van der Waals surface area contributed by atoms with Gasteiger partial charge in [-0.15, -0.1) is 0 Å². The molecule has 1 amide bonds. The van der Waals surface area contributed by atoms with Gasteiger partial charge in [-0.05, 0) is 36.6 Å². The molecule has 24 heavy (non-hydrogen) atoms. The van der Waals surface area contributed by atoms with Crippen molar-refractivity contribution in [3.63, 3.8) is 0 Å². The Balaban J connectivity index is 1.63. The minimum atomic E-state index is -0.416. The van der Waals surface area contributed by atoms with Crippen molar-refractivity contribution in [1.82, 2.24) is 10.1 Å². The normalized spacial score (nSPS) is 10.7. The summed E-state index contributed by atoms with van der Waals surface area (Å²) in [4.78, 5) is 15.8. The molecule has 5 nitrogen and oxygen atoms in total. The number of nitrogens with zero attached hydrogens (tertiary/aromatic N) is 2. The maximum atomic E-state index is 11.4. The van der Waals surface area contributed by atoms with Gasteiger partial charge in [0.1, 0.15) is 0 Å². The van der Waals surface area contributed by atoms with Crippen LogP contribution in [0.5, 0.6) is 0 Å². The maximum absolute atomic E-state index is 11.4. The van der Waals surface area contributed by atoms with Crippen LogP contribution >= 0.6 is 15.9 Å². The summed E-state index contributed by atoms with van der Waals surface area (Å²) < 4.78 is 6.21. The lowest BCUT2D eigenvalue weighted by Gasteiger charge is -2.04. The Labute approximate surface area is 148 Å². The van der Waals surface area contributed by atoms with Crippen molar-refractivity contribution in [2.24, 2.45) is 5.73 Å². The number of hydrogen-bond acceptors (Lipinski definition) is 4. The highest BCUT2D eigenvalue weighted by Crippen LogP contribution is 2.21. The Kier molecular flexibility index (Phi) is 5.05. The van der Waals surface area contributed by atoms with Crippen LogP contribution in [0.1, 0.15) is 28.2 Å². The van der Waals surface area contributed by atoms with Gasteiger partial charge in [0.05, 0.1) is 6.42 Å². The number of carbonyl (C=O) groups is 1. The molecule has 0 atom stereocenters. The SMILES string of the molecule is NC(=O)c1ccccc1CC[CH]c1nc(-c2cccc(Br)c2)no1. The van der Waals surface area contributed by atoms with Gasteiger partial charge in [0, 0.05) is 15.6 Å². The number of aryl methyl sites for hydroxylation is 1. The van der Waals surface area contributed by atoms with E-state index < -0.39 is 5.91 Å². The minimum Gasteiger partial charge on any atom is -0.366 e. The van der Waals surface area contributed by atoms with Crippen molar-refractivity contribution in [3.05, 3.63) is 76.4 Å². The van der Waals surface area contributed by atoms with E-state index in [0.717, 1.165) is 15.6 Å². The van der Waals surface area contributed by atoms with Crippen molar-refractivity contribution in [2.75, 3.05) is 0 Å². The molecule has 3 aromatic rings. The van der Waals surface area contributed by atoms with Crippen molar-refractivity contribution < 1.29 is 9.32 Å². The zero-order valence-corrected chi connectivity index (χ0v) is 14.4. The van der Waals surface area contributed by atoms with Crippen molar-refractivity contribution in [2.45, 2.75) is 12.8 Å². The van der Waals surface area contributed by atoms with Crippen LogP contribution in [0.4, 0.5) is 0 Å². The number of hydrogen-bond donors (Lipinski definition) is 1. The Morgan fingerprint density at radius 3 is 2.83 bits per heavy atom. The second-order valence-electron chi connectivity index (χ2n) is 5.23. The highest BCUT2D eigenvalue weighted by atomic mass is 79.9. The van der Waals surface area contributed by atoms with Gasteiger partial charge in [0.15, 0.2) is 0 Å². The van der Waals surface area contributed by atoms with Crippen LogP contribution < -0.4 is 5.73 Å². The summed E-state index contributed by atoms with van der Waals surface area (Å²) in [6, 6.07) is 15.0. The van der Waals surface area contributed by atoms with E-state index in [0.29, 0.717) is 30.1 Å². The number of benzene rings is 2. The fraction of sp³-hybridized carbons (Fsp3) is 0.111. The number of nitrogens with two attached hydrogens (primary N) is 1. The van der Waals surface area contributed by atoms with Crippen LogP contribution in [0.3, 0.4) is 0 Å². The van der Waals surface area contributed by atoms with Crippen LogP contribution in [-0.2, 0) is 6.42 Å². The first-order valence-electron chi connectivity index (χ1n) is 7.44. The zero-order valence-electron chi connectivity index (χ0n) is 12.8. The molecule has 121 valence electrons. The van der Waals surface area contributed by atoms with E-state index in [4.69, 9.17) is 10.3 Å². The average Bonchev–Trinajstić information content (AvgIpc) is 3.04. The third-order valence-electron chi connectivity index (χ3n) is 3.54. The van der Waals surface area contributed by atoms with Gasteiger partial charge >= 0.3 is 0 Å². The molecule has 0 aliphatic carbocycles. The molecule has 1 heterocycles. The standard InChI is InChI=1S/C18H15BrN3O2/c19-14-8-3-7-13(11-14)18-21-16(24-22-18)10-4-6-12-5-1-2-9-15(12)17(20)23/h1-3,5,7-11H,4,6H2,(H2,20,23). The van der Waals surface area contributed by atoms with Crippen LogP contribution in [-0.4, -0.2) is 16.0 Å². The summed E-state index contributed by atoms with van der Waals surface area (Å²) in [6.07, 6.45) is 3.20. The molecule has 0 spiro atoms. The minimum absolute atomic E-state index is 0.416. The molecule has 2 N–H and O–H groups in total. The van der Waals surface area contributed by atoms with Crippen molar-refractivity contribution >= 4 is 21.8 Å². The molecule has 3 rings (SSSR count). The first-order chi connectivity index (χ1) is 11.6. The largest absolute Gasteiger partial charge is 0.366 e. The van der Waals surface area contributed by atoms with E-state index in [1.807, 2.05) is 42.8 Å². The van der Waals surface area contributed by atoms with Crippen LogP contribution in [0.2, 0.25) is 0 Å². The van der Waals surface area contributed by atoms with E-state index in [-0.39, 0.29) is 0 Å². The predicted molar refractivity (Wildman–Crippen MR) is 94.1 cm³/mol. The van der Waals surface area contributed by atoms with Gasteiger partial charge in [-0.25, -0.2) is 0 Å². The van der Waals surface area contributed by atoms with Gasteiger partial charge in [-0.2, -0.15) is 4.98 Å². The molecule has 6 heteroatoms. The smallest absolute Gasteiger partial charge is 0.248 e. The van der Waals surface area contributed by atoms with E-state index in [1.165, 1.54) is 0 Å². The van der Waals surface area contributed by atoms with Crippen LogP contribution in [0, 0.1) is 6.42 Å². The number of carbonyl (C=O) groups excluding carboxylic acids is 1. The second kappa shape index (κ2) is 7.40. The Morgan fingerprint density at radius 2 is 2.04 bits per heavy atom. The van der Waals surface area contributed by atoms with E-state index in [9.17, 15) is 4.79 Å². The van der Waals surface area contributed by atoms with Gasteiger partial charge < -0.3 is 10.3 Å². The first kappa shape index (κ1) is 16.4. The Bertz CT molecular complexity index is 861. The third-order valence-corrected chi connectivity index (χ3v) is 4.03. The molecule has 0 aliphatic heterocycles. The van der Waals surface area contributed by atoms with Gasteiger partial charge in [-0.3, -0.25) is 4.79 Å². The lowest BCUT2D eigenvalue weighted by Crippen LogP contribution is -2.13. The van der Waals surface area contributed by atoms with E-state index in [2.05, 4.69) is 26.1 Å². The lowest BCUT2D eigenvalue weighted by atomic mass is 10.0. The molecule has 0 saturated carbocycles. The monoisotopic (exact) mass is 384 g/mol. The number of primary amides is 1. The van der Waals surface area contributed by atoms with Crippen molar-refractivity contribution in [3.8, 4) is 11.4 Å². The highest BCUT2D eigenvalue weighted by Gasteiger charge is 2.11. The third kappa shape index (κ3) is 3.89. The van der Waals surface area contributed by atoms with Gasteiger partial charge in [0.25, 0.3) is 0 Å². The molecule has 0 fully saturated rings. The number of aromatic nitrogens is 2. The fourth-order valence-corrected chi connectivity index (χ4v) is 2.79. The molecule has 0 unspecified atom stereocenters. The molecule has 1 aromatic heterocycles. The van der Waals surface area contributed by atoms with E-state index in [1.54, 1.807) is 12.1 Å². The molecule has 0 aliphatic rings. The summed E-state index contributed by atoms with van der Waals surface area (Å²) in [5.74, 6) is 0.585. The summed E-state index contributed by atoms with van der Waals surface area (Å²) in [7, 11) is 0. The summed E-state index contributed by atoms with van der Waals surface area (Å²) in [5, 5.41) is 3.99. The van der Waals surface area contributed by atoms with E-state index >= 15 is 0 Å². The fourth-order valence-electron chi connectivity index (χ4n) is 2.39. The quantitative estimate of drug-likeness (QED) is 0.700. The summed E-state index contributed by atoms with van der Waals surface area (Å²) in [5.41, 5.74) is 7.72. The first-order valence-corrected chi connectivity index (χ1v) is 8.23. The average molecular weight is 385 g/mol. The summed E-state index contributed by atoms with van der Waals surface area (Å²) in [6.45, 7) is 0. The molecular formula is C18H15BrN3O2. The zero-order chi connectivity index (χ0) is 16.9.